The van der Waals surface area contributed by atoms with Crippen molar-refractivity contribution in [3.63, 3.8) is 0 Å². The first-order valence-electron chi connectivity index (χ1n) is 9.98. The van der Waals surface area contributed by atoms with Gasteiger partial charge in [0, 0.05) is 31.9 Å². The number of rotatable bonds is 6. The molecule has 5 nitrogen and oxygen atoms in total. The van der Waals surface area contributed by atoms with Crippen molar-refractivity contribution in [3.8, 4) is 0 Å². The van der Waals surface area contributed by atoms with E-state index in [1.807, 2.05) is 54.6 Å². The highest BCUT2D eigenvalue weighted by molar-refractivity contribution is 5.94. The van der Waals surface area contributed by atoms with Crippen molar-refractivity contribution >= 4 is 17.6 Å². The molecule has 0 aliphatic heterocycles. The Morgan fingerprint density at radius 1 is 0.867 bits per heavy atom. The molecule has 0 saturated heterocycles. The van der Waals surface area contributed by atoms with Crippen molar-refractivity contribution in [2.45, 2.75) is 20.0 Å². The molecule has 3 rings (SSSR count). The van der Waals surface area contributed by atoms with Gasteiger partial charge in [0.2, 0.25) is 0 Å². The zero-order chi connectivity index (χ0) is 21.3. The second-order valence-corrected chi connectivity index (χ2v) is 7.39. The van der Waals surface area contributed by atoms with Crippen molar-refractivity contribution in [2.24, 2.45) is 4.99 Å². The third kappa shape index (κ3) is 6.21. The lowest BCUT2D eigenvalue weighted by molar-refractivity contribution is 0.0827. The van der Waals surface area contributed by atoms with E-state index in [0.717, 1.165) is 11.3 Å². The molecule has 0 fully saturated rings. The van der Waals surface area contributed by atoms with Gasteiger partial charge in [-0.25, -0.2) is 4.99 Å². The topological polar surface area (TPSA) is 56.7 Å². The third-order valence-electron chi connectivity index (χ3n) is 4.64. The summed E-state index contributed by atoms with van der Waals surface area (Å²) in [6, 6.07) is 26.0. The molecular formula is C25H28N4O. The van der Waals surface area contributed by atoms with Gasteiger partial charge in [-0.3, -0.25) is 4.79 Å². The van der Waals surface area contributed by atoms with E-state index in [2.05, 4.69) is 41.8 Å². The van der Waals surface area contributed by atoms with Gasteiger partial charge in [-0.15, -0.1) is 0 Å². The summed E-state index contributed by atoms with van der Waals surface area (Å²) in [5, 5.41) is 6.75. The summed E-state index contributed by atoms with van der Waals surface area (Å²) < 4.78 is 0. The smallest absolute Gasteiger partial charge is 0.253 e. The molecule has 0 atom stereocenters. The summed E-state index contributed by atoms with van der Waals surface area (Å²) in [6.45, 7) is 3.26. The van der Waals surface area contributed by atoms with Crippen molar-refractivity contribution in [1.82, 2.24) is 10.2 Å². The zero-order valence-electron chi connectivity index (χ0n) is 17.7. The number of para-hydroxylation sites is 1. The first-order valence-corrected chi connectivity index (χ1v) is 9.98. The second-order valence-electron chi connectivity index (χ2n) is 7.39. The van der Waals surface area contributed by atoms with Crippen LogP contribution in [0.2, 0.25) is 0 Å². The fourth-order valence-corrected chi connectivity index (χ4v) is 2.87. The Morgan fingerprint density at radius 3 is 2.13 bits per heavy atom. The standard InChI is InChI=1S/C25H28N4O/c1-19-9-11-20(12-10-19)17-26-25(28-23-7-5-4-6-8-23)27-18-21-13-15-22(16-14-21)24(30)29(2)3/h4-16H,17-18H2,1-3H3,(H2,26,27,28). The highest BCUT2D eigenvalue weighted by Crippen LogP contribution is 2.09. The van der Waals surface area contributed by atoms with Gasteiger partial charge >= 0.3 is 0 Å². The maximum atomic E-state index is 12.0. The minimum Gasteiger partial charge on any atom is -0.352 e. The molecule has 3 aromatic rings. The van der Waals surface area contributed by atoms with E-state index in [1.165, 1.54) is 11.1 Å². The van der Waals surface area contributed by atoms with Gasteiger partial charge in [0.25, 0.3) is 5.91 Å². The number of carbonyl (C=O) groups excluding carboxylic acids is 1. The molecule has 3 aromatic carbocycles. The molecular weight excluding hydrogens is 372 g/mol. The maximum Gasteiger partial charge on any atom is 0.253 e. The molecule has 0 saturated carbocycles. The van der Waals surface area contributed by atoms with Gasteiger partial charge < -0.3 is 15.5 Å². The molecule has 30 heavy (non-hydrogen) atoms. The van der Waals surface area contributed by atoms with Crippen molar-refractivity contribution in [3.05, 3.63) is 101 Å². The molecule has 0 aliphatic rings. The SMILES string of the molecule is Cc1ccc(CNC(=NCc2ccc(C(=O)N(C)C)cc2)Nc2ccccc2)cc1. The van der Waals surface area contributed by atoms with E-state index in [1.54, 1.807) is 19.0 Å². The van der Waals surface area contributed by atoms with Crippen LogP contribution in [0.4, 0.5) is 5.69 Å². The predicted octanol–water partition coefficient (Wildman–Crippen LogP) is 4.45. The summed E-state index contributed by atoms with van der Waals surface area (Å²) in [5.41, 5.74) is 5.11. The summed E-state index contributed by atoms with van der Waals surface area (Å²) in [7, 11) is 3.50. The fraction of sp³-hybridized carbons (Fsp3) is 0.200. The number of amides is 1. The van der Waals surface area contributed by atoms with Gasteiger partial charge in [0.15, 0.2) is 5.96 Å². The van der Waals surface area contributed by atoms with Gasteiger partial charge in [-0.05, 0) is 42.3 Å². The number of nitrogens with one attached hydrogen (secondary N) is 2. The van der Waals surface area contributed by atoms with Crippen LogP contribution in [-0.2, 0) is 13.1 Å². The van der Waals surface area contributed by atoms with E-state index in [-0.39, 0.29) is 5.91 Å². The predicted molar refractivity (Wildman–Crippen MR) is 124 cm³/mol. The molecule has 0 heterocycles. The first kappa shape index (κ1) is 21.1. The third-order valence-corrected chi connectivity index (χ3v) is 4.64. The van der Waals surface area contributed by atoms with Gasteiger partial charge in [0.05, 0.1) is 6.54 Å². The molecule has 1 amide bonds. The average Bonchev–Trinajstić information content (AvgIpc) is 2.77. The molecule has 0 unspecified atom stereocenters. The Morgan fingerprint density at radius 2 is 1.50 bits per heavy atom. The summed E-state index contributed by atoms with van der Waals surface area (Å²) in [6.07, 6.45) is 0. The van der Waals surface area contributed by atoms with Gasteiger partial charge in [0.1, 0.15) is 0 Å². The quantitative estimate of drug-likeness (QED) is 0.475. The fourth-order valence-electron chi connectivity index (χ4n) is 2.87. The Bertz CT molecular complexity index is 978. The van der Waals surface area contributed by atoms with Crippen LogP contribution in [0.3, 0.4) is 0 Å². The Hall–Kier alpha value is -3.60. The molecule has 0 spiro atoms. The molecule has 0 aromatic heterocycles. The molecule has 0 aliphatic carbocycles. The van der Waals surface area contributed by atoms with Crippen molar-refractivity contribution < 1.29 is 4.79 Å². The number of hydrogen-bond acceptors (Lipinski definition) is 2. The molecule has 2 N–H and O–H groups in total. The van der Waals surface area contributed by atoms with Crippen LogP contribution in [0.15, 0.2) is 83.9 Å². The van der Waals surface area contributed by atoms with Crippen molar-refractivity contribution in [1.29, 1.82) is 0 Å². The lowest BCUT2D eigenvalue weighted by atomic mass is 10.1. The van der Waals surface area contributed by atoms with Crippen LogP contribution < -0.4 is 10.6 Å². The molecule has 0 radical (unpaired) electrons. The monoisotopic (exact) mass is 400 g/mol. The van der Waals surface area contributed by atoms with Crippen LogP contribution in [0.1, 0.15) is 27.0 Å². The van der Waals surface area contributed by atoms with E-state index < -0.39 is 0 Å². The number of anilines is 1. The van der Waals surface area contributed by atoms with Crippen LogP contribution >= 0.6 is 0 Å². The summed E-state index contributed by atoms with van der Waals surface area (Å²) >= 11 is 0. The van der Waals surface area contributed by atoms with Gasteiger partial charge in [-0.1, -0.05) is 60.2 Å². The van der Waals surface area contributed by atoms with Crippen LogP contribution in [0.5, 0.6) is 0 Å². The minimum absolute atomic E-state index is 0.00347. The lowest BCUT2D eigenvalue weighted by Gasteiger charge is -2.13. The molecule has 5 heteroatoms. The Labute approximate surface area is 178 Å². The normalized spacial score (nSPS) is 11.1. The van der Waals surface area contributed by atoms with Crippen molar-refractivity contribution in [2.75, 3.05) is 19.4 Å². The number of guanidine groups is 1. The van der Waals surface area contributed by atoms with Gasteiger partial charge in [-0.2, -0.15) is 0 Å². The second kappa shape index (κ2) is 10.3. The summed E-state index contributed by atoms with van der Waals surface area (Å²) in [4.78, 5) is 18.3. The number of aliphatic imine (C=N–C) groups is 1. The summed E-state index contributed by atoms with van der Waals surface area (Å²) in [5.74, 6) is 0.700. The largest absolute Gasteiger partial charge is 0.352 e. The van der Waals surface area contributed by atoms with E-state index in [0.29, 0.717) is 24.6 Å². The number of nitrogens with zero attached hydrogens (tertiary/aromatic N) is 2. The maximum absolute atomic E-state index is 12.0. The number of hydrogen-bond donors (Lipinski definition) is 2. The van der Waals surface area contributed by atoms with Crippen LogP contribution in [0.25, 0.3) is 0 Å². The van der Waals surface area contributed by atoms with E-state index in [4.69, 9.17) is 4.99 Å². The lowest BCUT2D eigenvalue weighted by Crippen LogP contribution is -2.30. The zero-order valence-corrected chi connectivity index (χ0v) is 17.7. The van der Waals surface area contributed by atoms with Crippen LogP contribution in [-0.4, -0.2) is 30.9 Å². The Kier molecular flexibility index (Phi) is 7.22. The minimum atomic E-state index is -0.00347. The first-order chi connectivity index (χ1) is 14.5. The Balaban J connectivity index is 1.70. The van der Waals surface area contributed by atoms with Crippen LogP contribution in [0, 0.1) is 6.92 Å². The average molecular weight is 401 g/mol. The number of carbonyl (C=O) groups is 1. The van der Waals surface area contributed by atoms with E-state index in [9.17, 15) is 4.79 Å². The van der Waals surface area contributed by atoms with E-state index >= 15 is 0 Å². The molecule has 0 bridgehead atoms. The number of aryl methyl sites for hydroxylation is 1. The molecule has 154 valence electrons. The number of benzene rings is 3. The highest BCUT2D eigenvalue weighted by atomic mass is 16.2. The highest BCUT2D eigenvalue weighted by Gasteiger charge is 2.07.